The molecular weight excluding hydrogens is 486 g/mol. The smallest absolute Gasteiger partial charge is 0.310 e. The highest BCUT2D eigenvalue weighted by atomic mass is 35.5. The van der Waals surface area contributed by atoms with E-state index >= 15 is 0 Å². The van der Waals surface area contributed by atoms with Crippen molar-refractivity contribution in [1.29, 1.82) is 0 Å². The number of nitrogens with zero attached hydrogens (tertiary/aromatic N) is 2. The van der Waals surface area contributed by atoms with E-state index < -0.39 is 0 Å². The zero-order valence-electron chi connectivity index (χ0n) is 20.9. The minimum absolute atomic E-state index is 0.100. The number of halogens is 1. The Balaban J connectivity index is 1.42. The van der Waals surface area contributed by atoms with Gasteiger partial charge in [0.25, 0.3) is 5.91 Å². The molecule has 1 N–H and O–H groups in total. The average Bonchev–Trinajstić information content (AvgIpc) is 3.37. The third-order valence-corrected chi connectivity index (χ3v) is 7.53. The molecule has 1 saturated carbocycles. The number of hydrogen-bond donors (Lipinski definition) is 1. The highest BCUT2D eigenvalue weighted by molar-refractivity contribution is 6.30. The number of fused-ring (bicyclic) bond motifs is 1. The second kappa shape index (κ2) is 10.8. The summed E-state index contributed by atoms with van der Waals surface area (Å²) < 4.78 is 7.21. The molecule has 2 aromatic carbocycles. The van der Waals surface area contributed by atoms with Gasteiger partial charge < -0.3 is 10.1 Å². The molecule has 0 saturated heterocycles. The summed E-state index contributed by atoms with van der Waals surface area (Å²) in [6.07, 6.45) is 7.65. The van der Waals surface area contributed by atoms with Crippen LogP contribution in [0.4, 0.5) is 0 Å². The van der Waals surface area contributed by atoms with Gasteiger partial charge in [-0.2, -0.15) is 5.10 Å². The Hall–Kier alpha value is -3.64. The maximum absolute atomic E-state index is 13.5. The van der Waals surface area contributed by atoms with Gasteiger partial charge in [0, 0.05) is 35.2 Å². The second-order valence-electron chi connectivity index (χ2n) is 9.64. The van der Waals surface area contributed by atoms with Crippen LogP contribution in [-0.2, 0) is 10.2 Å². The lowest BCUT2D eigenvalue weighted by molar-refractivity contribution is -0.133. The van der Waals surface area contributed by atoms with E-state index in [-0.39, 0.29) is 23.7 Å². The molecule has 4 aromatic rings. The zero-order valence-corrected chi connectivity index (χ0v) is 21.6. The molecule has 1 fully saturated rings. The number of ether oxygens (including phenoxy) is 1. The van der Waals surface area contributed by atoms with Crippen molar-refractivity contribution in [2.75, 3.05) is 6.54 Å². The SMILES string of the molecule is CCC(=O)Oc1ccccc1-c1cc2c(C(=O)NCC3(c4ccc(Cl)cc4)CCCCC3)cccn2n1. The molecule has 1 amide bonds. The van der Waals surface area contributed by atoms with Crippen molar-refractivity contribution in [2.24, 2.45) is 0 Å². The fourth-order valence-corrected chi connectivity index (χ4v) is 5.37. The van der Waals surface area contributed by atoms with Crippen LogP contribution < -0.4 is 10.1 Å². The van der Waals surface area contributed by atoms with Crippen molar-refractivity contribution < 1.29 is 14.3 Å². The van der Waals surface area contributed by atoms with E-state index in [2.05, 4.69) is 22.5 Å². The maximum Gasteiger partial charge on any atom is 0.310 e. The third-order valence-electron chi connectivity index (χ3n) is 7.28. The number of aromatic nitrogens is 2. The lowest BCUT2D eigenvalue weighted by Crippen LogP contribution is -2.42. The number of nitrogens with one attached hydrogen (secondary N) is 1. The molecule has 6 nitrogen and oxygen atoms in total. The minimum atomic E-state index is -0.311. The lowest BCUT2D eigenvalue weighted by atomic mass is 9.69. The summed E-state index contributed by atoms with van der Waals surface area (Å²) in [5, 5.41) is 8.61. The topological polar surface area (TPSA) is 72.7 Å². The van der Waals surface area contributed by atoms with Gasteiger partial charge in [-0.25, -0.2) is 4.52 Å². The van der Waals surface area contributed by atoms with Crippen LogP contribution in [0.25, 0.3) is 16.8 Å². The normalized spacial score (nSPS) is 14.9. The Morgan fingerprint density at radius 2 is 1.78 bits per heavy atom. The van der Waals surface area contributed by atoms with Crippen molar-refractivity contribution in [1.82, 2.24) is 14.9 Å². The van der Waals surface area contributed by atoms with Crippen LogP contribution in [0.2, 0.25) is 5.02 Å². The molecule has 0 bridgehead atoms. The second-order valence-corrected chi connectivity index (χ2v) is 10.1. The summed E-state index contributed by atoms with van der Waals surface area (Å²) in [4.78, 5) is 25.4. The largest absolute Gasteiger partial charge is 0.426 e. The van der Waals surface area contributed by atoms with Crippen molar-refractivity contribution in [3.63, 3.8) is 0 Å². The predicted octanol–water partition coefficient (Wildman–Crippen LogP) is 6.60. The Morgan fingerprint density at radius 1 is 1.03 bits per heavy atom. The van der Waals surface area contributed by atoms with Gasteiger partial charge in [0.15, 0.2) is 0 Å². The predicted molar refractivity (Wildman–Crippen MR) is 145 cm³/mol. The van der Waals surface area contributed by atoms with Crippen LogP contribution in [0.1, 0.15) is 61.4 Å². The molecule has 0 radical (unpaired) electrons. The number of amides is 1. The Bertz CT molecular complexity index is 1420. The Labute approximate surface area is 221 Å². The Morgan fingerprint density at radius 3 is 2.54 bits per heavy atom. The van der Waals surface area contributed by atoms with E-state index in [1.807, 2.05) is 54.7 Å². The summed E-state index contributed by atoms with van der Waals surface area (Å²) in [6.45, 7) is 2.32. The number of hydrogen-bond acceptors (Lipinski definition) is 4. The summed E-state index contributed by atoms with van der Waals surface area (Å²) in [6, 6.07) is 20.8. The minimum Gasteiger partial charge on any atom is -0.426 e. The van der Waals surface area contributed by atoms with E-state index in [1.54, 1.807) is 17.5 Å². The standard InChI is InChI=1S/C30H30ClN3O3/c1-2-28(35)37-27-11-5-4-9-23(27)25-19-26-24(10-8-18-34(26)33-25)29(36)32-20-30(16-6-3-7-17-30)21-12-14-22(31)15-13-21/h4-5,8-15,18-19H,2-3,6-7,16-17,20H2,1H3,(H,32,36). The number of pyridine rings is 1. The number of carbonyl (C=O) groups is 2. The molecule has 0 unspecified atom stereocenters. The number of carbonyl (C=O) groups excluding carboxylic acids is 2. The van der Waals surface area contributed by atoms with Crippen LogP contribution in [0.3, 0.4) is 0 Å². The molecule has 5 rings (SSSR count). The van der Waals surface area contributed by atoms with Crippen molar-refractivity contribution in [2.45, 2.75) is 50.9 Å². The molecule has 0 atom stereocenters. The van der Waals surface area contributed by atoms with E-state index in [9.17, 15) is 9.59 Å². The molecule has 190 valence electrons. The highest BCUT2D eigenvalue weighted by Gasteiger charge is 2.34. The van der Waals surface area contributed by atoms with Gasteiger partial charge in [-0.15, -0.1) is 0 Å². The van der Waals surface area contributed by atoms with E-state index in [0.717, 1.165) is 25.7 Å². The number of para-hydroxylation sites is 1. The molecular formula is C30H30ClN3O3. The van der Waals surface area contributed by atoms with Crippen LogP contribution in [0, 0.1) is 0 Å². The fraction of sp³-hybridized carbons (Fsp3) is 0.300. The molecule has 1 aliphatic rings. The van der Waals surface area contributed by atoms with Crippen LogP contribution in [0.15, 0.2) is 72.9 Å². The Kier molecular flexibility index (Phi) is 7.28. The van der Waals surface area contributed by atoms with Gasteiger partial charge in [-0.1, -0.05) is 62.1 Å². The van der Waals surface area contributed by atoms with E-state index in [1.165, 1.54) is 12.0 Å². The first kappa shape index (κ1) is 25.0. The molecule has 0 spiro atoms. The van der Waals surface area contributed by atoms with E-state index in [4.69, 9.17) is 16.3 Å². The first-order valence-electron chi connectivity index (χ1n) is 12.8. The van der Waals surface area contributed by atoms with Gasteiger partial charge in [0.05, 0.1) is 16.8 Å². The van der Waals surface area contributed by atoms with E-state index in [0.29, 0.717) is 39.7 Å². The van der Waals surface area contributed by atoms with Crippen LogP contribution >= 0.6 is 11.6 Å². The number of rotatable bonds is 7. The zero-order chi connectivity index (χ0) is 25.8. The molecule has 0 aliphatic heterocycles. The lowest BCUT2D eigenvalue weighted by Gasteiger charge is -2.38. The van der Waals surface area contributed by atoms with Crippen molar-refractivity contribution in [3.8, 4) is 17.0 Å². The average molecular weight is 516 g/mol. The quantitative estimate of drug-likeness (QED) is 0.222. The van der Waals surface area contributed by atoms with Crippen molar-refractivity contribution in [3.05, 3.63) is 89.1 Å². The summed E-state index contributed by atoms with van der Waals surface area (Å²) in [5.41, 5.74) is 3.69. The van der Waals surface area contributed by atoms with Gasteiger partial charge in [-0.05, 0) is 60.9 Å². The van der Waals surface area contributed by atoms with Gasteiger partial charge in [-0.3, -0.25) is 9.59 Å². The fourth-order valence-electron chi connectivity index (χ4n) is 5.25. The molecule has 1 aliphatic carbocycles. The first-order valence-corrected chi connectivity index (χ1v) is 13.2. The summed E-state index contributed by atoms with van der Waals surface area (Å²) >= 11 is 6.14. The molecule has 7 heteroatoms. The maximum atomic E-state index is 13.5. The van der Waals surface area contributed by atoms with Crippen molar-refractivity contribution >= 4 is 29.0 Å². The van der Waals surface area contributed by atoms with Crippen LogP contribution in [-0.4, -0.2) is 28.0 Å². The molecule has 2 heterocycles. The van der Waals surface area contributed by atoms with Crippen LogP contribution in [0.5, 0.6) is 5.75 Å². The molecule has 2 aromatic heterocycles. The van der Waals surface area contributed by atoms with Gasteiger partial charge in [0.1, 0.15) is 5.75 Å². The molecule has 37 heavy (non-hydrogen) atoms. The summed E-state index contributed by atoms with van der Waals surface area (Å²) in [7, 11) is 0. The number of esters is 1. The highest BCUT2D eigenvalue weighted by Crippen LogP contribution is 2.39. The third kappa shape index (κ3) is 5.25. The van der Waals surface area contributed by atoms with Gasteiger partial charge in [0.2, 0.25) is 0 Å². The number of benzene rings is 2. The van der Waals surface area contributed by atoms with Gasteiger partial charge >= 0.3 is 5.97 Å². The first-order chi connectivity index (χ1) is 18.0. The monoisotopic (exact) mass is 515 g/mol. The summed E-state index contributed by atoms with van der Waals surface area (Å²) in [5.74, 6) is 0.00114.